The first-order valence-corrected chi connectivity index (χ1v) is 9.89. The fraction of sp³-hybridized carbons (Fsp3) is 0.947. The molecule has 1 unspecified atom stereocenters. The highest BCUT2D eigenvalue weighted by Crippen LogP contribution is 2.16. The van der Waals surface area contributed by atoms with Crippen molar-refractivity contribution in [2.24, 2.45) is 16.8 Å². The number of guanidine groups is 1. The molecule has 1 aliphatic heterocycles. The molecule has 1 rings (SSSR count). The lowest BCUT2D eigenvalue weighted by atomic mass is 9.97. The van der Waals surface area contributed by atoms with Gasteiger partial charge in [-0.3, -0.25) is 4.99 Å². The summed E-state index contributed by atoms with van der Waals surface area (Å²) in [5, 5.41) is 6.94. The maximum Gasteiger partial charge on any atom is 0.191 e. The van der Waals surface area contributed by atoms with E-state index in [0.717, 1.165) is 57.0 Å². The Bertz CT molecular complexity index is 368. The smallest absolute Gasteiger partial charge is 0.191 e. The van der Waals surface area contributed by atoms with Crippen LogP contribution in [0.3, 0.4) is 0 Å². The molecule has 26 heavy (non-hydrogen) atoms. The Kier molecular flexibility index (Phi) is 15.8. The van der Waals surface area contributed by atoms with Crippen molar-refractivity contribution in [2.45, 2.75) is 33.1 Å². The van der Waals surface area contributed by atoms with E-state index in [-0.39, 0.29) is 24.0 Å². The number of likely N-dealkylation sites (N-methyl/N-ethyl adjacent to an activating group) is 1. The molecule has 156 valence electrons. The molecule has 1 fully saturated rings. The summed E-state index contributed by atoms with van der Waals surface area (Å²) in [5.41, 5.74) is 0. The monoisotopic (exact) mass is 483 g/mol. The van der Waals surface area contributed by atoms with Crippen LogP contribution in [0.25, 0.3) is 0 Å². The molecular weight excluding hydrogens is 441 g/mol. The highest BCUT2D eigenvalue weighted by molar-refractivity contribution is 14.0. The van der Waals surface area contributed by atoms with Crippen LogP contribution < -0.4 is 10.6 Å². The Morgan fingerprint density at radius 2 is 2.08 bits per heavy atom. The van der Waals surface area contributed by atoms with Crippen molar-refractivity contribution in [3.8, 4) is 0 Å². The summed E-state index contributed by atoms with van der Waals surface area (Å²) in [5.74, 6) is 2.40. The number of piperidine rings is 1. The SMILES string of the molecule is CN=C(NCCN(C)CCCOC)NCC1CCCN(CC(C)C)C1.I. The van der Waals surface area contributed by atoms with Crippen LogP contribution in [-0.2, 0) is 4.74 Å². The van der Waals surface area contributed by atoms with Crippen LogP contribution in [0.15, 0.2) is 4.99 Å². The first-order chi connectivity index (χ1) is 12.0. The van der Waals surface area contributed by atoms with Crippen molar-refractivity contribution in [1.82, 2.24) is 20.4 Å². The molecule has 1 aliphatic rings. The van der Waals surface area contributed by atoms with Crippen molar-refractivity contribution in [3.63, 3.8) is 0 Å². The lowest BCUT2D eigenvalue weighted by Gasteiger charge is -2.34. The zero-order valence-electron chi connectivity index (χ0n) is 17.6. The van der Waals surface area contributed by atoms with E-state index in [9.17, 15) is 0 Å². The van der Waals surface area contributed by atoms with Crippen LogP contribution in [0, 0.1) is 11.8 Å². The van der Waals surface area contributed by atoms with Crippen LogP contribution in [0.2, 0.25) is 0 Å². The molecule has 0 saturated carbocycles. The second-order valence-electron chi connectivity index (χ2n) is 7.69. The summed E-state index contributed by atoms with van der Waals surface area (Å²) in [6.07, 6.45) is 3.72. The second-order valence-corrected chi connectivity index (χ2v) is 7.69. The van der Waals surface area contributed by atoms with Gasteiger partial charge < -0.3 is 25.2 Å². The lowest BCUT2D eigenvalue weighted by molar-refractivity contribution is 0.159. The molecule has 0 amide bonds. The van der Waals surface area contributed by atoms with Gasteiger partial charge in [0.2, 0.25) is 0 Å². The number of aliphatic imine (C=N–C) groups is 1. The van der Waals surface area contributed by atoms with Gasteiger partial charge >= 0.3 is 0 Å². The number of halogens is 1. The van der Waals surface area contributed by atoms with Crippen LogP contribution in [0.4, 0.5) is 0 Å². The quantitative estimate of drug-likeness (QED) is 0.204. The molecule has 7 heteroatoms. The molecule has 1 atom stereocenters. The van der Waals surface area contributed by atoms with E-state index in [0.29, 0.717) is 0 Å². The van der Waals surface area contributed by atoms with Gasteiger partial charge in [-0.05, 0) is 44.7 Å². The molecule has 0 aromatic carbocycles. The van der Waals surface area contributed by atoms with Gasteiger partial charge in [-0.2, -0.15) is 0 Å². The average Bonchev–Trinajstić information content (AvgIpc) is 2.58. The van der Waals surface area contributed by atoms with E-state index >= 15 is 0 Å². The fourth-order valence-electron chi connectivity index (χ4n) is 3.42. The average molecular weight is 483 g/mol. The van der Waals surface area contributed by atoms with Gasteiger partial charge in [-0.25, -0.2) is 0 Å². The number of hydrogen-bond donors (Lipinski definition) is 2. The molecule has 0 radical (unpaired) electrons. The topological polar surface area (TPSA) is 52.1 Å². The van der Waals surface area contributed by atoms with Gasteiger partial charge in [-0.1, -0.05) is 13.8 Å². The summed E-state index contributed by atoms with van der Waals surface area (Å²) < 4.78 is 5.10. The number of hydrogen-bond acceptors (Lipinski definition) is 4. The van der Waals surface area contributed by atoms with E-state index in [1.54, 1.807) is 7.11 Å². The minimum Gasteiger partial charge on any atom is -0.385 e. The van der Waals surface area contributed by atoms with E-state index in [4.69, 9.17) is 4.74 Å². The van der Waals surface area contributed by atoms with Crippen LogP contribution in [0.5, 0.6) is 0 Å². The Hall–Kier alpha value is -0.120. The normalized spacial score (nSPS) is 18.9. The van der Waals surface area contributed by atoms with Gasteiger partial charge in [0.15, 0.2) is 5.96 Å². The number of ether oxygens (including phenoxy) is 1. The van der Waals surface area contributed by atoms with Crippen molar-refractivity contribution in [3.05, 3.63) is 0 Å². The molecule has 1 heterocycles. The molecule has 6 nitrogen and oxygen atoms in total. The third kappa shape index (κ3) is 12.3. The van der Waals surface area contributed by atoms with Crippen molar-refractivity contribution >= 4 is 29.9 Å². The summed E-state index contributed by atoms with van der Waals surface area (Å²) in [6.45, 7) is 13.1. The molecule has 2 N–H and O–H groups in total. The van der Waals surface area contributed by atoms with Gasteiger partial charge in [0, 0.05) is 60.0 Å². The van der Waals surface area contributed by atoms with Crippen LogP contribution >= 0.6 is 24.0 Å². The summed E-state index contributed by atoms with van der Waals surface area (Å²) >= 11 is 0. The van der Waals surface area contributed by atoms with Crippen molar-refractivity contribution in [2.75, 3.05) is 73.6 Å². The largest absolute Gasteiger partial charge is 0.385 e. The number of nitrogens with zero attached hydrogens (tertiary/aromatic N) is 3. The molecular formula is C19H42IN5O. The summed E-state index contributed by atoms with van der Waals surface area (Å²) in [4.78, 5) is 9.29. The van der Waals surface area contributed by atoms with Gasteiger partial charge in [-0.15, -0.1) is 24.0 Å². The zero-order valence-corrected chi connectivity index (χ0v) is 19.9. The maximum absolute atomic E-state index is 5.10. The fourth-order valence-corrected chi connectivity index (χ4v) is 3.42. The molecule has 0 aromatic rings. The second kappa shape index (κ2) is 15.9. The molecule has 0 bridgehead atoms. The molecule has 0 aromatic heterocycles. The van der Waals surface area contributed by atoms with Crippen molar-refractivity contribution < 1.29 is 4.74 Å². The minimum absolute atomic E-state index is 0. The number of methoxy groups -OCH3 is 1. The Morgan fingerprint density at radius 3 is 2.73 bits per heavy atom. The third-order valence-electron chi connectivity index (χ3n) is 4.68. The predicted octanol–water partition coefficient (Wildman–Crippen LogP) is 2.11. The third-order valence-corrected chi connectivity index (χ3v) is 4.68. The Labute approximate surface area is 178 Å². The predicted molar refractivity (Wildman–Crippen MR) is 123 cm³/mol. The number of rotatable bonds is 11. The highest BCUT2D eigenvalue weighted by atomic mass is 127. The molecule has 0 spiro atoms. The lowest BCUT2D eigenvalue weighted by Crippen LogP contribution is -2.46. The van der Waals surface area contributed by atoms with E-state index < -0.39 is 0 Å². The first kappa shape index (κ1) is 25.9. The Morgan fingerprint density at radius 1 is 1.31 bits per heavy atom. The standard InChI is InChI=1S/C19H41N5O.HI/c1-17(2)15-24-11-6-8-18(16-24)14-22-19(20-3)21-9-12-23(4)10-7-13-25-5;/h17-18H,6-16H2,1-5H3,(H2,20,21,22);1H. The van der Waals surface area contributed by atoms with Crippen molar-refractivity contribution in [1.29, 1.82) is 0 Å². The molecule has 0 aliphatic carbocycles. The van der Waals surface area contributed by atoms with E-state index in [2.05, 4.69) is 46.3 Å². The van der Waals surface area contributed by atoms with Gasteiger partial charge in [0.1, 0.15) is 0 Å². The maximum atomic E-state index is 5.10. The minimum atomic E-state index is 0. The highest BCUT2D eigenvalue weighted by Gasteiger charge is 2.20. The Balaban J connectivity index is 0.00000625. The van der Waals surface area contributed by atoms with Crippen LogP contribution in [-0.4, -0.2) is 89.4 Å². The van der Waals surface area contributed by atoms with Gasteiger partial charge in [0.05, 0.1) is 0 Å². The zero-order chi connectivity index (χ0) is 18.5. The van der Waals surface area contributed by atoms with Crippen LogP contribution in [0.1, 0.15) is 33.1 Å². The van der Waals surface area contributed by atoms with Gasteiger partial charge in [0.25, 0.3) is 0 Å². The summed E-state index contributed by atoms with van der Waals surface area (Å²) in [7, 11) is 5.76. The summed E-state index contributed by atoms with van der Waals surface area (Å²) in [6, 6.07) is 0. The van der Waals surface area contributed by atoms with E-state index in [1.165, 1.54) is 32.5 Å². The number of likely N-dealkylation sites (tertiary alicyclic amines) is 1. The van der Waals surface area contributed by atoms with E-state index in [1.807, 2.05) is 7.05 Å². The number of nitrogens with one attached hydrogen (secondary N) is 2. The molecule has 1 saturated heterocycles. The first-order valence-electron chi connectivity index (χ1n) is 9.89.